The zero-order chi connectivity index (χ0) is 18.2. The van der Waals surface area contributed by atoms with Gasteiger partial charge in [0.25, 0.3) is 0 Å². The Morgan fingerprint density at radius 2 is 2.04 bits per heavy atom. The van der Waals surface area contributed by atoms with Crippen LogP contribution in [0, 0.1) is 0 Å². The van der Waals surface area contributed by atoms with Gasteiger partial charge in [-0.1, -0.05) is 25.1 Å². The van der Waals surface area contributed by atoms with Gasteiger partial charge in [0.15, 0.2) is 11.8 Å². The summed E-state index contributed by atoms with van der Waals surface area (Å²) in [4.78, 5) is 6.00. The number of hydrogen-bond donors (Lipinski definition) is 2. The zero-order valence-corrected chi connectivity index (χ0v) is 19.2. The van der Waals surface area contributed by atoms with Crippen molar-refractivity contribution < 1.29 is 0 Å². The SMILES string of the molecule is CCNC(=NCc1nnc2n1CCCC2)NCC(C)Sc1ccccc1.I. The summed E-state index contributed by atoms with van der Waals surface area (Å²) in [6.07, 6.45) is 3.44. The predicted octanol–water partition coefficient (Wildman–Crippen LogP) is 3.47. The number of nitrogens with zero attached hydrogens (tertiary/aromatic N) is 4. The number of benzene rings is 1. The molecule has 0 bridgehead atoms. The minimum absolute atomic E-state index is 0. The van der Waals surface area contributed by atoms with Crippen LogP contribution in [0.15, 0.2) is 40.2 Å². The van der Waals surface area contributed by atoms with E-state index in [0.717, 1.165) is 43.7 Å². The number of hydrogen-bond acceptors (Lipinski definition) is 4. The maximum atomic E-state index is 4.70. The van der Waals surface area contributed by atoms with Gasteiger partial charge in [-0.05, 0) is 31.9 Å². The lowest BCUT2D eigenvalue weighted by Crippen LogP contribution is -2.40. The number of fused-ring (bicyclic) bond motifs is 1. The lowest BCUT2D eigenvalue weighted by atomic mass is 10.2. The molecule has 2 aromatic rings. The number of rotatable bonds is 7. The smallest absolute Gasteiger partial charge is 0.191 e. The summed E-state index contributed by atoms with van der Waals surface area (Å²) in [6, 6.07) is 10.5. The molecule has 3 rings (SSSR count). The summed E-state index contributed by atoms with van der Waals surface area (Å²) in [7, 11) is 0. The Bertz CT molecular complexity index is 718. The monoisotopic (exact) mass is 500 g/mol. The van der Waals surface area contributed by atoms with E-state index in [0.29, 0.717) is 11.8 Å². The summed E-state index contributed by atoms with van der Waals surface area (Å²) in [5.41, 5.74) is 0. The summed E-state index contributed by atoms with van der Waals surface area (Å²) >= 11 is 1.87. The molecule has 2 heterocycles. The Morgan fingerprint density at radius 3 is 2.81 bits per heavy atom. The van der Waals surface area contributed by atoms with Gasteiger partial charge in [-0.15, -0.1) is 45.9 Å². The van der Waals surface area contributed by atoms with Crippen LogP contribution in [0.1, 0.15) is 38.3 Å². The van der Waals surface area contributed by atoms with Crippen LogP contribution in [0.4, 0.5) is 0 Å². The van der Waals surface area contributed by atoms with E-state index in [4.69, 9.17) is 4.99 Å². The minimum atomic E-state index is 0. The average Bonchev–Trinajstić information content (AvgIpc) is 3.08. The van der Waals surface area contributed by atoms with Crippen molar-refractivity contribution in [1.29, 1.82) is 0 Å². The molecule has 6 nitrogen and oxygen atoms in total. The van der Waals surface area contributed by atoms with Crippen LogP contribution in [0.25, 0.3) is 0 Å². The van der Waals surface area contributed by atoms with Gasteiger partial charge in [0.1, 0.15) is 12.4 Å². The second-order valence-corrected chi connectivity index (χ2v) is 7.97. The Kier molecular flexibility index (Phi) is 9.40. The third-order valence-electron chi connectivity index (χ3n) is 4.30. The summed E-state index contributed by atoms with van der Waals surface area (Å²) in [6.45, 7) is 7.57. The molecule has 0 fully saturated rings. The van der Waals surface area contributed by atoms with Crippen molar-refractivity contribution in [2.45, 2.75) is 56.3 Å². The van der Waals surface area contributed by atoms with E-state index < -0.39 is 0 Å². The molecule has 1 aliphatic rings. The first kappa shape index (κ1) is 22.0. The molecule has 1 atom stereocenters. The number of halogens is 1. The molecule has 0 amide bonds. The molecule has 1 unspecified atom stereocenters. The van der Waals surface area contributed by atoms with E-state index in [2.05, 4.69) is 63.5 Å². The number of guanidine groups is 1. The third kappa shape index (κ3) is 6.67. The molecular formula is C19H29IN6S. The van der Waals surface area contributed by atoms with Crippen molar-refractivity contribution >= 4 is 41.7 Å². The lowest BCUT2D eigenvalue weighted by molar-refractivity contribution is 0.508. The molecule has 1 aromatic heterocycles. The van der Waals surface area contributed by atoms with Gasteiger partial charge in [-0.2, -0.15) is 0 Å². The van der Waals surface area contributed by atoms with Gasteiger partial charge in [0.2, 0.25) is 0 Å². The first-order valence-corrected chi connectivity index (χ1v) is 10.3. The largest absolute Gasteiger partial charge is 0.357 e. The second-order valence-electron chi connectivity index (χ2n) is 6.46. The lowest BCUT2D eigenvalue weighted by Gasteiger charge is -2.16. The highest BCUT2D eigenvalue weighted by Gasteiger charge is 2.15. The van der Waals surface area contributed by atoms with Gasteiger partial charge in [0, 0.05) is 36.2 Å². The predicted molar refractivity (Wildman–Crippen MR) is 123 cm³/mol. The standard InChI is InChI=1S/C19H28N6S.HI/c1-3-20-19(21-13-15(2)26-16-9-5-4-6-10-16)22-14-18-24-23-17-11-7-8-12-25(17)18;/h4-6,9-10,15H,3,7-8,11-14H2,1-2H3,(H2,20,21,22);1H. The van der Waals surface area contributed by atoms with Gasteiger partial charge < -0.3 is 15.2 Å². The third-order valence-corrected chi connectivity index (χ3v) is 5.41. The number of thioether (sulfide) groups is 1. The van der Waals surface area contributed by atoms with Crippen LogP contribution in [0.3, 0.4) is 0 Å². The fourth-order valence-electron chi connectivity index (χ4n) is 2.99. The van der Waals surface area contributed by atoms with Crippen molar-refractivity contribution in [3.63, 3.8) is 0 Å². The molecule has 2 N–H and O–H groups in total. The van der Waals surface area contributed by atoms with Crippen LogP contribution >= 0.6 is 35.7 Å². The van der Waals surface area contributed by atoms with E-state index in [1.807, 2.05) is 17.8 Å². The highest BCUT2D eigenvalue weighted by molar-refractivity contribution is 14.0. The zero-order valence-electron chi connectivity index (χ0n) is 16.0. The molecule has 0 saturated heterocycles. The molecule has 27 heavy (non-hydrogen) atoms. The van der Waals surface area contributed by atoms with Crippen LogP contribution in [0.5, 0.6) is 0 Å². The average molecular weight is 500 g/mol. The van der Waals surface area contributed by atoms with Crippen LogP contribution in [-0.4, -0.2) is 39.1 Å². The van der Waals surface area contributed by atoms with E-state index in [-0.39, 0.29) is 24.0 Å². The minimum Gasteiger partial charge on any atom is -0.357 e. The Balaban J connectivity index is 0.00000261. The summed E-state index contributed by atoms with van der Waals surface area (Å²) < 4.78 is 2.23. The molecule has 1 aliphatic heterocycles. The van der Waals surface area contributed by atoms with Gasteiger partial charge in [-0.25, -0.2) is 4.99 Å². The molecule has 0 spiro atoms. The van der Waals surface area contributed by atoms with Crippen LogP contribution in [-0.2, 0) is 19.5 Å². The molecule has 0 aliphatic carbocycles. The Morgan fingerprint density at radius 1 is 1.22 bits per heavy atom. The number of nitrogens with one attached hydrogen (secondary N) is 2. The summed E-state index contributed by atoms with van der Waals surface area (Å²) in [5, 5.41) is 15.8. The quantitative estimate of drug-likeness (QED) is 0.264. The van der Waals surface area contributed by atoms with E-state index >= 15 is 0 Å². The van der Waals surface area contributed by atoms with Crippen molar-refractivity contribution in [2.75, 3.05) is 13.1 Å². The highest BCUT2D eigenvalue weighted by Crippen LogP contribution is 2.21. The van der Waals surface area contributed by atoms with Gasteiger partial charge >= 0.3 is 0 Å². The first-order valence-electron chi connectivity index (χ1n) is 9.41. The number of aromatic nitrogens is 3. The second kappa shape index (κ2) is 11.5. The van der Waals surface area contributed by atoms with Crippen molar-refractivity contribution in [3.05, 3.63) is 42.0 Å². The fraction of sp³-hybridized carbons (Fsp3) is 0.526. The normalized spacial score (nSPS) is 14.8. The highest BCUT2D eigenvalue weighted by atomic mass is 127. The topological polar surface area (TPSA) is 67.1 Å². The number of aliphatic imine (C=N–C) groups is 1. The molecule has 8 heteroatoms. The molecular weight excluding hydrogens is 471 g/mol. The van der Waals surface area contributed by atoms with E-state index in [1.54, 1.807) is 0 Å². The van der Waals surface area contributed by atoms with Gasteiger partial charge in [0.05, 0.1) is 0 Å². The van der Waals surface area contributed by atoms with Crippen LogP contribution < -0.4 is 10.6 Å². The molecule has 1 aromatic carbocycles. The number of aryl methyl sites for hydroxylation is 1. The van der Waals surface area contributed by atoms with Gasteiger partial charge in [-0.3, -0.25) is 0 Å². The fourth-order valence-corrected chi connectivity index (χ4v) is 3.94. The van der Waals surface area contributed by atoms with Crippen LogP contribution in [0.2, 0.25) is 0 Å². The maximum absolute atomic E-state index is 4.70. The maximum Gasteiger partial charge on any atom is 0.191 e. The summed E-state index contributed by atoms with van der Waals surface area (Å²) in [5.74, 6) is 2.90. The Hall–Kier alpha value is -1.29. The first-order chi connectivity index (χ1) is 12.8. The van der Waals surface area contributed by atoms with Crippen molar-refractivity contribution in [3.8, 4) is 0 Å². The molecule has 148 valence electrons. The van der Waals surface area contributed by atoms with Crippen molar-refractivity contribution in [2.24, 2.45) is 4.99 Å². The van der Waals surface area contributed by atoms with Crippen molar-refractivity contribution in [1.82, 2.24) is 25.4 Å². The van der Waals surface area contributed by atoms with E-state index in [1.165, 1.54) is 17.7 Å². The molecule has 0 radical (unpaired) electrons. The molecule has 0 saturated carbocycles. The Labute approximate surface area is 183 Å². The van der Waals surface area contributed by atoms with E-state index in [9.17, 15) is 0 Å².